The Kier molecular flexibility index (Phi) is 6.94. The Balaban J connectivity index is 0.00000196. The third-order valence-corrected chi connectivity index (χ3v) is 3.21. The van der Waals surface area contributed by atoms with Crippen LogP contribution in [0.15, 0.2) is 0 Å². The van der Waals surface area contributed by atoms with Crippen molar-refractivity contribution < 1.29 is 4.79 Å². The van der Waals surface area contributed by atoms with E-state index < -0.39 is 0 Å². The first-order valence-corrected chi connectivity index (χ1v) is 5.59. The summed E-state index contributed by atoms with van der Waals surface area (Å²) in [4.78, 5) is 11.4. The van der Waals surface area contributed by atoms with Crippen LogP contribution in [0.3, 0.4) is 0 Å². The lowest BCUT2D eigenvalue weighted by molar-refractivity contribution is -0.121. The molecule has 2 atom stereocenters. The van der Waals surface area contributed by atoms with E-state index in [0.717, 1.165) is 0 Å². The van der Waals surface area contributed by atoms with Gasteiger partial charge in [-0.2, -0.15) is 0 Å². The van der Waals surface area contributed by atoms with Crippen molar-refractivity contribution in [3.63, 3.8) is 0 Å². The molecule has 1 aliphatic rings. The molecule has 0 saturated heterocycles. The van der Waals surface area contributed by atoms with E-state index in [-0.39, 0.29) is 18.3 Å². The van der Waals surface area contributed by atoms with E-state index in [0.29, 0.717) is 24.4 Å². The molecular weight excluding hydrogens is 212 g/mol. The van der Waals surface area contributed by atoms with E-state index in [1.54, 1.807) is 7.05 Å². The first-order chi connectivity index (χ1) is 6.65. The average molecular weight is 235 g/mol. The van der Waals surface area contributed by atoms with Crippen molar-refractivity contribution in [2.45, 2.75) is 39.2 Å². The highest BCUT2D eigenvalue weighted by atomic mass is 35.5. The Hall–Kier alpha value is -0.280. The predicted molar refractivity (Wildman–Crippen MR) is 65.3 cm³/mol. The number of hydrogen-bond donors (Lipinski definition) is 2. The Bertz CT molecular complexity index is 189. The SMILES string of the molecule is CNCC(=O)NC1C(C)CCCC1C.Cl. The second-order valence-corrected chi connectivity index (χ2v) is 4.51. The van der Waals surface area contributed by atoms with Crippen molar-refractivity contribution in [1.29, 1.82) is 0 Å². The second-order valence-electron chi connectivity index (χ2n) is 4.51. The third kappa shape index (κ3) is 4.39. The number of likely N-dealkylation sites (N-methyl/N-ethyl adjacent to an activating group) is 1. The van der Waals surface area contributed by atoms with Crippen molar-refractivity contribution in [3.8, 4) is 0 Å². The van der Waals surface area contributed by atoms with Crippen molar-refractivity contribution >= 4 is 18.3 Å². The molecule has 0 aromatic heterocycles. The van der Waals surface area contributed by atoms with Gasteiger partial charge in [0.25, 0.3) is 0 Å². The van der Waals surface area contributed by atoms with E-state index in [9.17, 15) is 4.79 Å². The zero-order valence-electron chi connectivity index (χ0n) is 9.88. The van der Waals surface area contributed by atoms with Gasteiger partial charge >= 0.3 is 0 Å². The van der Waals surface area contributed by atoms with Crippen LogP contribution in [0.2, 0.25) is 0 Å². The van der Waals surface area contributed by atoms with Gasteiger partial charge < -0.3 is 10.6 Å². The molecule has 2 unspecified atom stereocenters. The summed E-state index contributed by atoms with van der Waals surface area (Å²) in [5.74, 6) is 1.37. The molecule has 0 aliphatic heterocycles. The van der Waals surface area contributed by atoms with Crippen LogP contribution in [0.25, 0.3) is 0 Å². The van der Waals surface area contributed by atoms with Gasteiger partial charge in [-0.1, -0.05) is 20.3 Å². The van der Waals surface area contributed by atoms with E-state index in [1.807, 2.05) is 0 Å². The lowest BCUT2D eigenvalue weighted by Gasteiger charge is -2.35. The van der Waals surface area contributed by atoms with Crippen LogP contribution in [0, 0.1) is 11.8 Å². The topological polar surface area (TPSA) is 41.1 Å². The Morgan fingerprint density at radius 3 is 2.27 bits per heavy atom. The number of nitrogens with one attached hydrogen (secondary N) is 2. The molecule has 3 nitrogen and oxygen atoms in total. The molecule has 4 heteroatoms. The maximum atomic E-state index is 11.4. The van der Waals surface area contributed by atoms with Crippen LogP contribution in [0.5, 0.6) is 0 Å². The van der Waals surface area contributed by atoms with Crippen molar-refractivity contribution in [2.24, 2.45) is 11.8 Å². The molecule has 0 aromatic rings. The van der Waals surface area contributed by atoms with Crippen molar-refractivity contribution in [2.75, 3.05) is 13.6 Å². The summed E-state index contributed by atoms with van der Waals surface area (Å²) in [7, 11) is 1.80. The molecule has 0 aromatic carbocycles. The summed E-state index contributed by atoms with van der Waals surface area (Å²) < 4.78 is 0. The second kappa shape index (κ2) is 7.07. The molecule has 0 bridgehead atoms. The Morgan fingerprint density at radius 1 is 1.27 bits per heavy atom. The molecule has 90 valence electrons. The zero-order chi connectivity index (χ0) is 10.6. The fourth-order valence-corrected chi connectivity index (χ4v) is 2.36. The van der Waals surface area contributed by atoms with E-state index in [1.165, 1.54) is 19.3 Å². The van der Waals surface area contributed by atoms with Crippen LogP contribution in [-0.4, -0.2) is 25.5 Å². The Morgan fingerprint density at radius 2 is 1.80 bits per heavy atom. The molecule has 1 amide bonds. The van der Waals surface area contributed by atoms with Gasteiger partial charge in [-0.25, -0.2) is 0 Å². The van der Waals surface area contributed by atoms with Gasteiger partial charge in [0.2, 0.25) is 5.91 Å². The Labute approximate surface area is 98.8 Å². The first kappa shape index (κ1) is 14.7. The minimum Gasteiger partial charge on any atom is -0.352 e. The standard InChI is InChI=1S/C11H22N2O.ClH/c1-8-5-4-6-9(2)11(8)13-10(14)7-12-3;/h8-9,11-12H,4-7H2,1-3H3,(H,13,14);1H. The highest BCUT2D eigenvalue weighted by molar-refractivity contribution is 5.85. The highest BCUT2D eigenvalue weighted by Gasteiger charge is 2.28. The fourth-order valence-electron chi connectivity index (χ4n) is 2.36. The number of carbonyl (C=O) groups is 1. The molecule has 0 spiro atoms. The maximum Gasteiger partial charge on any atom is 0.234 e. The monoisotopic (exact) mass is 234 g/mol. The van der Waals surface area contributed by atoms with E-state index in [2.05, 4.69) is 24.5 Å². The minimum atomic E-state index is 0. The molecule has 1 aliphatic carbocycles. The lowest BCUT2D eigenvalue weighted by Crippen LogP contribution is -2.48. The lowest BCUT2D eigenvalue weighted by atomic mass is 9.79. The summed E-state index contributed by atoms with van der Waals surface area (Å²) in [5, 5.41) is 5.99. The molecule has 15 heavy (non-hydrogen) atoms. The quantitative estimate of drug-likeness (QED) is 0.779. The summed E-state index contributed by atoms with van der Waals surface area (Å²) in [5.41, 5.74) is 0. The van der Waals surface area contributed by atoms with Crippen LogP contribution >= 0.6 is 12.4 Å². The summed E-state index contributed by atoms with van der Waals surface area (Å²) in [6, 6.07) is 0.379. The molecule has 1 fully saturated rings. The van der Waals surface area contributed by atoms with Gasteiger partial charge in [-0.15, -0.1) is 12.4 Å². The predicted octanol–water partition coefficient (Wildman–Crippen LogP) is 1.57. The van der Waals surface area contributed by atoms with Crippen LogP contribution in [0.1, 0.15) is 33.1 Å². The third-order valence-electron chi connectivity index (χ3n) is 3.21. The molecule has 1 rings (SSSR count). The van der Waals surface area contributed by atoms with Crippen molar-refractivity contribution in [3.05, 3.63) is 0 Å². The zero-order valence-corrected chi connectivity index (χ0v) is 10.7. The minimum absolute atomic E-state index is 0. The summed E-state index contributed by atoms with van der Waals surface area (Å²) >= 11 is 0. The molecule has 1 saturated carbocycles. The number of halogens is 1. The number of rotatable bonds is 3. The maximum absolute atomic E-state index is 11.4. The summed E-state index contributed by atoms with van der Waals surface area (Å²) in [6.45, 7) is 4.90. The number of carbonyl (C=O) groups excluding carboxylic acids is 1. The smallest absolute Gasteiger partial charge is 0.234 e. The first-order valence-electron chi connectivity index (χ1n) is 5.59. The largest absolute Gasteiger partial charge is 0.352 e. The van der Waals surface area contributed by atoms with Gasteiger partial charge in [-0.3, -0.25) is 4.79 Å². The highest BCUT2D eigenvalue weighted by Crippen LogP contribution is 2.28. The van der Waals surface area contributed by atoms with Gasteiger partial charge in [0.15, 0.2) is 0 Å². The van der Waals surface area contributed by atoms with Gasteiger partial charge in [0.1, 0.15) is 0 Å². The van der Waals surface area contributed by atoms with Gasteiger partial charge in [0, 0.05) is 6.04 Å². The molecule has 2 N–H and O–H groups in total. The van der Waals surface area contributed by atoms with Crippen LogP contribution in [0.4, 0.5) is 0 Å². The van der Waals surface area contributed by atoms with Crippen LogP contribution in [-0.2, 0) is 4.79 Å². The molecular formula is C11H23ClN2O. The van der Waals surface area contributed by atoms with Crippen molar-refractivity contribution in [1.82, 2.24) is 10.6 Å². The normalized spacial score (nSPS) is 30.5. The molecule has 0 radical (unpaired) electrons. The van der Waals surface area contributed by atoms with E-state index in [4.69, 9.17) is 0 Å². The van der Waals surface area contributed by atoms with Gasteiger partial charge in [0.05, 0.1) is 6.54 Å². The number of hydrogen-bond acceptors (Lipinski definition) is 2. The average Bonchev–Trinajstić information content (AvgIpc) is 2.12. The van der Waals surface area contributed by atoms with E-state index >= 15 is 0 Å². The summed E-state index contributed by atoms with van der Waals surface area (Å²) in [6.07, 6.45) is 3.80. The number of amides is 1. The van der Waals surface area contributed by atoms with Gasteiger partial charge in [-0.05, 0) is 31.7 Å². The fraction of sp³-hybridized carbons (Fsp3) is 0.909. The van der Waals surface area contributed by atoms with Crippen LogP contribution < -0.4 is 10.6 Å². The molecule has 0 heterocycles.